The lowest BCUT2D eigenvalue weighted by atomic mass is 10.2. The predicted octanol–water partition coefficient (Wildman–Crippen LogP) is 9.33. The van der Waals surface area contributed by atoms with Gasteiger partial charge in [0.05, 0.1) is 22.3 Å². The molecular weight excluding hydrogens is 650 g/mol. The van der Waals surface area contributed by atoms with Gasteiger partial charge in [0.15, 0.2) is 0 Å². The smallest absolute Gasteiger partial charge is 0.166 e. The van der Waals surface area contributed by atoms with Gasteiger partial charge >= 0.3 is 24.7 Å². The number of halogens is 12. The van der Waals surface area contributed by atoms with E-state index >= 15 is 0 Å². The van der Waals surface area contributed by atoms with Crippen LogP contribution in [0.4, 0.5) is 52.7 Å². The molecule has 0 bridgehead atoms. The van der Waals surface area contributed by atoms with E-state index in [-0.39, 0.29) is 33.5 Å². The molecule has 0 atom stereocenters. The molecule has 0 aromatic heterocycles. The molecule has 0 aliphatic heterocycles. The molecule has 234 valence electrons. The highest BCUT2D eigenvalue weighted by molar-refractivity contribution is 7.76. The van der Waals surface area contributed by atoms with E-state index in [0.29, 0.717) is 0 Å². The fraction of sp³-hybridized carbons (Fsp3) is 0.200. The molecule has 0 unspecified atom stereocenters. The third-order valence-electron chi connectivity index (χ3n) is 6.49. The van der Waals surface area contributed by atoms with Gasteiger partial charge in [0.25, 0.3) is 0 Å². The Morgan fingerprint density at radius 3 is 0.727 bits per heavy atom. The minimum atomic E-state index is -4.77. The third-order valence-corrected chi connectivity index (χ3v) is 11.8. The molecule has 14 heteroatoms. The van der Waals surface area contributed by atoms with E-state index in [4.69, 9.17) is 0 Å². The van der Waals surface area contributed by atoms with Crippen molar-refractivity contribution in [1.29, 1.82) is 0 Å². The van der Waals surface area contributed by atoms with Crippen molar-refractivity contribution in [3.05, 3.63) is 119 Å². The molecule has 44 heavy (non-hydrogen) atoms. The Labute approximate surface area is 246 Å². The molecule has 4 rings (SSSR count). The highest BCUT2D eigenvalue weighted by Crippen LogP contribution is 2.44. The second-order valence-corrected chi connectivity index (χ2v) is 14.2. The number of hydrogen-bond acceptors (Lipinski definition) is 0. The molecule has 0 spiro atoms. The predicted molar refractivity (Wildman–Crippen MR) is 148 cm³/mol. The molecule has 0 N–H and O–H groups in total. The molecule has 0 radical (unpaired) electrons. The maximum absolute atomic E-state index is 13.6. The van der Waals surface area contributed by atoms with Crippen molar-refractivity contribution in [3.63, 3.8) is 0 Å². The van der Waals surface area contributed by atoms with E-state index < -0.39 is 62.8 Å². The first kappa shape index (κ1) is 33.8. The molecule has 0 saturated carbocycles. The SMILES string of the molecule is FC(F)(F)c1cccc(P(CCP(c2cccc(C(F)(F)F)c2)c2cccc(C(F)(F)F)c2)c2cccc(C(F)(F)F)c2)c1. The summed E-state index contributed by atoms with van der Waals surface area (Å²) in [6, 6.07) is 16.1. The van der Waals surface area contributed by atoms with Crippen LogP contribution >= 0.6 is 15.8 Å². The summed E-state index contributed by atoms with van der Waals surface area (Å²) in [7, 11) is -3.96. The van der Waals surface area contributed by atoms with E-state index in [1.807, 2.05) is 0 Å². The molecule has 4 aromatic carbocycles. The van der Waals surface area contributed by atoms with E-state index in [2.05, 4.69) is 0 Å². The third kappa shape index (κ3) is 8.33. The zero-order valence-electron chi connectivity index (χ0n) is 22.1. The summed E-state index contributed by atoms with van der Waals surface area (Å²) in [6.45, 7) is 0. The van der Waals surface area contributed by atoms with Gasteiger partial charge in [-0.1, -0.05) is 48.5 Å². The Balaban J connectivity index is 1.84. The number of alkyl halides is 12. The summed E-state index contributed by atoms with van der Waals surface area (Å²) in [6.07, 6.45) is -19.3. The van der Waals surface area contributed by atoms with Crippen LogP contribution in [0.15, 0.2) is 97.1 Å². The van der Waals surface area contributed by atoms with E-state index in [0.717, 1.165) is 72.8 Å². The Morgan fingerprint density at radius 1 is 0.341 bits per heavy atom. The second-order valence-electron chi connectivity index (χ2n) is 9.50. The first-order valence-electron chi connectivity index (χ1n) is 12.6. The van der Waals surface area contributed by atoms with Crippen molar-refractivity contribution in [3.8, 4) is 0 Å². The van der Waals surface area contributed by atoms with Crippen molar-refractivity contribution in [2.24, 2.45) is 0 Å². The summed E-state index contributed by atoms with van der Waals surface area (Å²) in [5.74, 6) is 0. The fourth-order valence-electron chi connectivity index (χ4n) is 4.42. The summed E-state index contributed by atoms with van der Waals surface area (Å²) < 4.78 is 163. The van der Waals surface area contributed by atoms with Gasteiger partial charge in [-0.05, 0) is 97.9 Å². The molecule has 0 amide bonds. The Bertz CT molecular complexity index is 1350. The maximum Gasteiger partial charge on any atom is 0.416 e. The van der Waals surface area contributed by atoms with Crippen LogP contribution in [0.2, 0.25) is 0 Å². The van der Waals surface area contributed by atoms with E-state index in [1.165, 1.54) is 24.3 Å². The zero-order valence-corrected chi connectivity index (χ0v) is 23.9. The van der Waals surface area contributed by atoms with Crippen LogP contribution in [0, 0.1) is 0 Å². The summed E-state index contributed by atoms with van der Waals surface area (Å²) in [5.41, 5.74) is -4.19. The van der Waals surface area contributed by atoms with Gasteiger partial charge in [0, 0.05) is 0 Å². The van der Waals surface area contributed by atoms with Crippen LogP contribution in [0.5, 0.6) is 0 Å². The normalized spacial score (nSPS) is 13.1. The van der Waals surface area contributed by atoms with Crippen LogP contribution in [-0.2, 0) is 24.7 Å². The van der Waals surface area contributed by atoms with Gasteiger partial charge in [-0.3, -0.25) is 0 Å². The Hall–Kier alpha value is -3.10. The molecule has 0 nitrogen and oxygen atoms in total. The number of rotatable bonds is 7. The van der Waals surface area contributed by atoms with Crippen molar-refractivity contribution >= 4 is 37.1 Å². The first-order chi connectivity index (χ1) is 20.3. The van der Waals surface area contributed by atoms with Gasteiger partial charge in [0.1, 0.15) is 0 Å². The van der Waals surface area contributed by atoms with Crippen LogP contribution in [-0.4, -0.2) is 12.3 Å². The number of hydrogen-bond donors (Lipinski definition) is 0. The minimum absolute atomic E-state index is 0.0529. The van der Waals surface area contributed by atoms with Gasteiger partial charge in [-0.2, -0.15) is 52.7 Å². The monoisotopic (exact) mass is 670 g/mol. The molecule has 0 aliphatic rings. The molecule has 0 fully saturated rings. The average molecular weight is 670 g/mol. The lowest BCUT2D eigenvalue weighted by Gasteiger charge is -2.26. The molecule has 0 saturated heterocycles. The molecule has 4 aromatic rings. The summed E-state index contributed by atoms with van der Waals surface area (Å²) in [5, 5.41) is 0.212. The fourth-order valence-corrected chi connectivity index (χ4v) is 9.89. The Kier molecular flexibility index (Phi) is 9.77. The summed E-state index contributed by atoms with van der Waals surface area (Å²) in [4.78, 5) is 0. The highest BCUT2D eigenvalue weighted by atomic mass is 31.1. The standard InChI is InChI=1S/C30H20F12P2/c31-27(32,33)19-5-1-9-23(15-19)43(24-10-2-6-20(16-24)28(34,35)36)13-14-44(25-11-3-7-21(17-25)29(37,38)39)26-12-4-8-22(18-26)30(40,41)42/h1-12,15-18H,13-14H2. The molecular formula is C30H20F12P2. The quantitative estimate of drug-likeness (QED) is 0.136. The summed E-state index contributed by atoms with van der Waals surface area (Å²) >= 11 is 0. The zero-order chi connectivity index (χ0) is 32.5. The van der Waals surface area contributed by atoms with Crippen LogP contribution in [0.1, 0.15) is 22.3 Å². The largest absolute Gasteiger partial charge is 0.416 e. The molecule has 0 aliphatic carbocycles. The lowest BCUT2D eigenvalue weighted by molar-refractivity contribution is -0.138. The lowest BCUT2D eigenvalue weighted by Crippen LogP contribution is -2.23. The van der Waals surface area contributed by atoms with Crippen LogP contribution < -0.4 is 21.2 Å². The topological polar surface area (TPSA) is 0 Å². The Morgan fingerprint density at radius 2 is 0.545 bits per heavy atom. The van der Waals surface area contributed by atoms with Gasteiger partial charge in [-0.15, -0.1) is 0 Å². The van der Waals surface area contributed by atoms with Crippen molar-refractivity contribution in [2.45, 2.75) is 24.7 Å². The van der Waals surface area contributed by atoms with Crippen LogP contribution in [0.25, 0.3) is 0 Å². The van der Waals surface area contributed by atoms with E-state index in [9.17, 15) is 52.7 Å². The highest BCUT2D eigenvalue weighted by Gasteiger charge is 2.35. The van der Waals surface area contributed by atoms with Crippen molar-refractivity contribution in [1.82, 2.24) is 0 Å². The van der Waals surface area contributed by atoms with Crippen molar-refractivity contribution < 1.29 is 52.7 Å². The minimum Gasteiger partial charge on any atom is -0.166 e. The molecule has 0 heterocycles. The van der Waals surface area contributed by atoms with Gasteiger partial charge < -0.3 is 0 Å². The number of benzene rings is 4. The second kappa shape index (κ2) is 12.7. The first-order valence-corrected chi connectivity index (χ1v) is 15.6. The van der Waals surface area contributed by atoms with Gasteiger partial charge in [-0.25, -0.2) is 0 Å². The van der Waals surface area contributed by atoms with Gasteiger partial charge in [0.2, 0.25) is 0 Å². The van der Waals surface area contributed by atoms with Crippen molar-refractivity contribution in [2.75, 3.05) is 12.3 Å². The average Bonchev–Trinajstić information content (AvgIpc) is 2.94. The maximum atomic E-state index is 13.6. The van der Waals surface area contributed by atoms with Crippen LogP contribution in [0.3, 0.4) is 0 Å². The van der Waals surface area contributed by atoms with E-state index in [1.54, 1.807) is 0 Å².